The Morgan fingerprint density at radius 3 is 2.04 bits per heavy atom. The van der Waals surface area contributed by atoms with Crippen LogP contribution in [0.2, 0.25) is 0 Å². The largest absolute Gasteiger partial charge is 0.459 e. The van der Waals surface area contributed by atoms with Gasteiger partial charge in [0, 0.05) is 12.1 Å². The van der Waals surface area contributed by atoms with Crippen LogP contribution in [0.3, 0.4) is 0 Å². The maximum absolute atomic E-state index is 12.3. The van der Waals surface area contributed by atoms with E-state index in [4.69, 9.17) is 4.74 Å². The molecule has 0 bridgehead atoms. The minimum Gasteiger partial charge on any atom is -0.459 e. The van der Waals surface area contributed by atoms with Gasteiger partial charge >= 0.3 is 5.97 Å². The molecule has 1 atom stereocenters. The molecular formula is C21H33NO4. The Kier molecular flexibility index (Phi) is 11.3. The van der Waals surface area contributed by atoms with E-state index in [1.54, 1.807) is 0 Å². The van der Waals surface area contributed by atoms with E-state index in [2.05, 4.69) is 13.8 Å². The number of carbonyl (C=O) groups excluding carboxylic acids is 1. The van der Waals surface area contributed by atoms with Crippen molar-refractivity contribution in [2.45, 2.75) is 90.6 Å². The van der Waals surface area contributed by atoms with E-state index in [1.807, 2.05) is 0 Å². The average Bonchev–Trinajstić information content (AvgIpc) is 2.64. The van der Waals surface area contributed by atoms with Crippen LogP contribution >= 0.6 is 0 Å². The van der Waals surface area contributed by atoms with Crippen molar-refractivity contribution >= 4 is 11.7 Å². The fourth-order valence-electron chi connectivity index (χ4n) is 3.03. The maximum Gasteiger partial charge on any atom is 0.338 e. The molecule has 1 rings (SSSR count). The molecule has 0 fully saturated rings. The monoisotopic (exact) mass is 363 g/mol. The molecular weight excluding hydrogens is 330 g/mol. The Balaban J connectivity index is 2.34. The third kappa shape index (κ3) is 8.97. The number of esters is 1. The summed E-state index contributed by atoms with van der Waals surface area (Å²) in [4.78, 5) is 22.5. The lowest BCUT2D eigenvalue weighted by Gasteiger charge is -2.17. The van der Waals surface area contributed by atoms with Crippen LogP contribution in [0.4, 0.5) is 5.69 Å². The Hall–Kier alpha value is -1.91. The fraction of sp³-hybridized carbons (Fsp3) is 0.667. The number of non-ortho nitro benzene ring substituents is 1. The van der Waals surface area contributed by atoms with Gasteiger partial charge < -0.3 is 4.74 Å². The van der Waals surface area contributed by atoms with Gasteiger partial charge in [-0.3, -0.25) is 10.1 Å². The first kappa shape index (κ1) is 22.1. The molecule has 0 aliphatic heterocycles. The smallest absolute Gasteiger partial charge is 0.338 e. The summed E-state index contributed by atoms with van der Waals surface area (Å²) >= 11 is 0. The molecule has 1 aromatic carbocycles. The molecule has 0 saturated heterocycles. The number of benzene rings is 1. The molecule has 0 heterocycles. The zero-order chi connectivity index (χ0) is 19.2. The lowest BCUT2D eigenvalue weighted by atomic mass is 10.0. The van der Waals surface area contributed by atoms with Crippen LogP contribution in [0.5, 0.6) is 0 Å². The molecule has 26 heavy (non-hydrogen) atoms. The maximum atomic E-state index is 12.3. The summed E-state index contributed by atoms with van der Waals surface area (Å²) < 4.78 is 5.63. The number of hydrogen-bond acceptors (Lipinski definition) is 4. The Morgan fingerprint density at radius 2 is 1.50 bits per heavy atom. The van der Waals surface area contributed by atoms with Crippen molar-refractivity contribution in [2.75, 3.05) is 0 Å². The van der Waals surface area contributed by atoms with Gasteiger partial charge in [-0.25, -0.2) is 4.79 Å². The van der Waals surface area contributed by atoms with Gasteiger partial charge in [-0.05, 0) is 31.4 Å². The Bertz CT molecular complexity index is 527. The van der Waals surface area contributed by atoms with Crippen molar-refractivity contribution in [3.05, 3.63) is 39.9 Å². The number of hydrogen-bond donors (Lipinski definition) is 0. The predicted molar refractivity (Wildman–Crippen MR) is 104 cm³/mol. The molecule has 0 spiro atoms. The summed E-state index contributed by atoms with van der Waals surface area (Å²) in [5.41, 5.74) is 0.346. The van der Waals surface area contributed by atoms with Crippen LogP contribution in [-0.4, -0.2) is 17.0 Å². The first-order valence-corrected chi connectivity index (χ1v) is 10.0. The number of nitrogens with zero attached hydrogens (tertiary/aromatic N) is 1. The highest BCUT2D eigenvalue weighted by atomic mass is 16.6. The lowest BCUT2D eigenvalue weighted by molar-refractivity contribution is -0.384. The number of nitro benzene ring substituents is 1. The second-order valence-electron chi connectivity index (χ2n) is 6.88. The van der Waals surface area contributed by atoms with E-state index in [1.165, 1.54) is 69.2 Å². The summed E-state index contributed by atoms with van der Waals surface area (Å²) in [5, 5.41) is 10.7. The molecule has 146 valence electrons. The van der Waals surface area contributed by atoms with Crippen LogP contribution in [0.1, 0.15) is 94.8 Å². The van der Waals surface area contributed by atoms with Crippen LogP contribution < -0.4 is 0 Å². The van der Waals surface area contributed by atoms with Crippen molar-refractivity contribution in [1.29, 1.82) is 0 Å². The van der Waals surface area contributed by atoms with Crippen LogP contribution in [0.15, 0.2) is 24.3 Å². The third-order valence-electron chi connectivity index (χ3n) is 4.58. The standard InChI is InChI=1S/C21H33NO4/c1-3-5-6-7-8-9-10-11-13-20(12-4-2)26-21(23)18-14-16-19(17-15-18)22(24)25/h14-17,20H,3-13H2,1-2H3. The molecule has 5 heteroatoms. The SMILES string of the molecule is CCCCCCCCCCC(CCC)OC(=O)c1ccc([N+](=O)[O-])cc1. The van der Waals surface area contributed by atoms with Crippen LogP contribution in [0, 0.1) is 10.1 Å². The van der Waals surface area contributed by atoms with E-state index in [0.717, 1.165) is 25.7 Å². The average molecular weight is 363 g/mol. The fourth-order valence-corrected chi connectivity index (χ4v) is 3.03. The molecule has 0 saturated carbocycles. The van der Waals surface area contributed by atoms with Crippen LogP contribution in [0.25, 0.3) is 0 Å². The van der Waals surface area contributed by atoms with Gasteiger partial charge in [0.15, 0.2) is 0 Å². The minimum atomic E-state index is -0.475. The summed E-state index contributed by atoms with van der Waals surface area (Å²) in [6.07, 6.45) is 12.7. The first-order chi connectivity index (χ1) is 12.6. The second-order valence-corrected chi connectivity index (χ2v) is 6.88. The quantitative estimate of drug-likeness (QED) is 0.165. The van der Waals surface area contributed by atoms with Gasteiger partial charge in [0.2, 0.25) is 0 Å². The second kappa shape index (κ2) is 13.3. The van der Waals surface area contributed by atoms with Gasteiger partial charge in [-0.15, -0.1) is 0 Å². The molecule has 0 aliphatic carbocycles. The van der Waals surface area contributed by atoms with E-state index in [-0.39, 0.29) is 11.8 Å². The van der Waals surface area contributed by atoms with Crippen molar-refractivity contribution in [2.24, 2.45) is 0 Å². The molecule has 0 amide bonds. The third-order valence-corrected chi connectivity index (χ3v) is 4.58. The number of nitro groups is 1. The van der Waals surface area contributed by atoms with Crippen LogP contribution in [-0.2, 0) is 4.74 Å². The molecule has 1 unspecified atom stereocenters. The highest BCUT2D eigenvalue weighted by Crippen LogP contribution is 2.18. The normalized spacial score (nSPS) is 11.9. The number of ether oxygens (including phenoxy) is 1. The Morgan fingerprint density at radius 1 is 0.923 bits per heavy atom. The van der Waals surface area contributed by atoms with Gasteiger partial charge in [0.05, 0.1) is 10.5 Å². The van der Waals surface area contributed by atoms with E-state index >= 15 is 0 Å². The highest BCUT2D eigenvalue weighted by molar-refractivity contribution is 5.89. The van der Waals surface area contributed by atoms with Crippen molar-refractivity contribution in [1.82, 2.24) is 0 Å². The van der Waals surface area contributed by atoms with Crippen molar-refractivity contribution in [3.63, 3.8) is 0 Å². The van der Waals surface area contributed by atoms with E-state index in [9.17, 15) is 14.9 Å². The predicted octanol–water partition coefficient (Wildman–Crippen LogP) is 6.45. The molecule has 0 N–H and O–H groups in total. The van der Waals surface area contributed by atoms with Gasteiger partial charge in [0.1, 0.15) is 6.10 Å². The number of unbranched alkanes of at least 4 members (excludes halogenated alkanes) is 7. The molecule has 0 aliphatic rings. The summed E-state index contributed by atoms with van der Waals surface area (Å²) in [6, 6.07) is 5.59. The van der Waals surface area contributed by atoms with E-state index < -0.39 is 10.9 Å². The Labute approximate surface area is 157 Å². The summed E-state index contributed by atoms with van der Waals surface area (Å²) in [5.74, 6) is -0.391. The topological polar surface area (TPSA) is 69.4 Å². The summed E-state index contributed by atoms with van der Waals surface area (Å²) in [6.45, 7) is 4.31. The van der Waals surface area contributed by atoms with E-state index in [0.29, 0.717) is 5.56 Å². The molecule has 0 radical (unpaired) electrons. The number of carbonyl (C=O) groups is 1. The van der Waals surface area contributed by atoms with Gasteiger partial charge in [-0.1, -0.05) is 65.2 Å². The summed E-state index contributed by atoms with van der Waals surface area (Å²) in [7, 11) is 0. The lowest BCUT2D eigenvalue weighted by Crippen LogP contribution is -2.18. The highest BCUT2D eigenvalue weighted by Gasteiger charge is 2.16. The van der Waals surface area contributed by atoms with Crippen molar-refractivity contribution in [3.8, 4) is 0 Å². The van der Waals surface area contributed by atoms with Gasteiger partial charge in [-0.2, -0.15) is 0 Å². The number of rotatable bonds is 14. The minimum absolute atomic E-state index is 0.0226. The zero-order valence-corrected chi connectivity index (χ0v) is 16.2. The molecule has 0 aromatic heterocycles. The first-order valence-electron chi connectivity index (χ1n) is 10.0. The van der Waals surface area contributed by atoms with Crippen molar-refractivity contribution < 1.29 is 14.5 Å². The molecule has 5 nitrogen and oxygen atoms in total. The van der Waals surface area contributed by atoms with Gasteiger partial charge in [0.25, 0.3) is 5.69 Å². The zero-order valence-electron chi connectivity index (χ0n) is 16.2. The molecule has 1 aromatic rings.